The molecule has 1 aliphatic heterocycles. The van der Waals surface area contributed by atoms with Gasteiger partial charge in [0, 0.05) is 20.1 Å². The Morgan fingerprint density at radius 2 is 1.93 bits per heavy atom. The number of anilines is 1. The number of nitrogens with one attached hydrogen (secondary N) is 1. The van der Waals surface area contributed by atoms with Crippen molar-refractivity contribution in [3.05, 3.63) is 33.9 Å². The molecule has 11 heteroatoms. The first-order valence-corrected chi connectivity index (χ1v) is 8.66. The minimum absolute atomic E-state index is 0.148. The summed E-state index contributed by atoms with van der Waals surface area (Å²) < 4.78 is 2.69. The van der Waals surface area contributed by atoms with E-state index < -0.39 is 10.8 Å². The van der Waals surface area contributed by atoms with Crippen LogP contribution in [0.4, 0.5) is 11.4 Å². The summed E-state index contributed by atoms with van der Waals surface area (Å²) in [6, 6.07) is 0. The number of carbonyl (C=O) groups is 2. The van der Waals surface area contributed by atoms with Gasteiger partial charge in [-0.2, -0.15) is 10.2 Å². The smallest absolute Gasteiger partial charge is 0.309 e. The van der Waals surface area contributed by atoms with E-state index >= 15 is 0 Å². The molecule has 0 unspecified atom stereocenters. The minimum Gasteiger partial charge on any atom is -0.337 e. The fraction of sp³-hybridized carbons (Fsp3) is 0.500. The highest BCUT2D eigenvalue weighted by molar-refractivity contribution is 6.02. The number of hydrogen-bond acceptors (Lipinski definition) is 6. The summed E-state index contributed by atoms with van der Waals surface area (Å²) in [5.74, 6) is -0.618. The molecule has 2 aromatic heterocycles. The molecule has 11 nitrogen and oxygen atoms in total. The number of likely N-dealkylation sites (tertiary alicyclic amines) is 1. The van der Waals surface area contributed by atoms with Crippen LogP contribution in [0.15, 0.2) is 12.4 Å². The standard InChI is InChI=1S/C16H21N7O4/c1-11-13(23(26)27)9-18-22(11)10-14(24)19-12-8-17-20(2)15(12)16(25)21-6-4-3-5-7-21/h8-9H,3-7,10H2,1-2H3,(H,19,24). The van der Waals surface area contributed by atoms with Gasteiger partial charge in [0.25, 0.3) is 5.91 Å². The Bertz CT molecular complexity index is 879. The van der Waals surface area contributed by atoms with Gasteiger partial charge in [-0.15, -0.1) is 0 Å². The van der Waals surface area contributed by atoms with Gasteiger partial charge in [-0.3, -0.25) is 29.1 Å². The molecule has 2 aromatic rings. The van der Waals surface area contributed by atoms with Crippen LogP contribution in [0.3, 0.4) is 0 Å². The van der Waals surface area contributed by atoms with Crippen molar-refractivity contribution in [1.82, 2.24) is 24.5 Å². The fourth-order valence-corrected chi connectivity index (χ4v) is 3.13. The lowest BCUT2D eigenvalue weighted by atomic mass is 10.1. The Balaban J connectivity index is 1.73. The van der Waals surface area contributed by atoms with E-state index in [-0.39, 0.29) is 23.8 Å². The largest absolute Gasteiger partial charge is 0.337 e. The zero-order chi connectivity index (χ0) is 19.6. The lowest BCUT2D eigenvalue weighted by molar-refractivity contribution is -0.385. The lowest BCUT2D eigenvalue weighted by Crippen LogP contribution is -2.37. The maximum absolute atomic E-state index is 12.8. The van der Waals surface area contributed by atoms with Crippen molar-refractivity contribution in [2.24, 2.45) is 7.05 Å². The summed E-state index contributed by atoms with van der Waals surface area (Å²) in [6.45, 7) is 2.70. The molecule has 0 aliphatic carbocycles. The topological polar surface area (TPSA) is 128 Å². The second-order valence-electron chi connectivity index (χ2n) is 6.46. The van der Waals surface area contributed by atoms with Crippen molar-refractivity contribution in [1.29, 1.82) is 0 Å². The van der Waals surface area contributed by atoms with E-state index in [2.05, 4.69) is 15.5 Å². The second kappa shape index (κ2) is 7.56. The lowest BCUT2D eigenvalue weighted by Gasteiger charge is -2.27. The zero-order valence-electron chi connectivity index (χ0n) is 15.2. The third-order valence-corrected chi connectivity index (χ3v) is 4.63. The maximum Gasteiger partial charge on any atom is 0.309 e. The zero-order valence-corrected chi connectivity index (χ0v) is 15.2. The van der Waals surface area contributed by atoms with E-state index in [0.717, 1.165) is 25.5 Å². The maximum atomic E-state index is 12.8. The first-order valence-electron chi connectivity index (χ1n) is 8.66. The summed E-state index contributed by atoms with van der Waals surface area (Å²) in [5, 5.41) is 21.5. The van der Waals surface area contributed by atoms with Gasteiger partial charge in [-0.1, -0.05) is 0 Å². The molecular formula is C16H21N7O4. The molecule has 0 bridgehead atoms. The fourth-order valence-electron chi connectivity index (χ4n) is 3.13. The van der Waals surface area contributed by atoms with E-state index in [1.165, 1.54) is 22.5 Å². The number of nitro groups is 1. The quantitative estimate of drug-likeness (QED) is 0.615. The molecule has 1 fully saturated rings. The molecule has 3 rings (SSSR count). The van der Waals surface area contributed by atoms with Crippen molar-refractivity contribution in [3.8, 4) is 0 Å². The number of rotatable bonds is 5. The first kappa shape index (κ1) is 18.5. The minimum atomic E-state index is -0.548. The van der Waals surface area contributed by atoms with Crippen LogP contribution in [-0.4, -0.2) is 54.3 Å². The highest BCUT2D eigenvalue weighted by Crippen LogP contribution is 2.20. The average Bonchev–Trinajstić information content (AvgIpc) is 3.18. The van der Waals surface area contributed by atoms with E-state index in [0.29, 0.717) is 24.5 Å². The molecule has 0 atom stereocenters. The highest BCUT2D eigenvalue weighted by atomic mass is 16.6. The van der Waals surface area contributed by atoms with E-state index in [1.807, 2.05) is 0 Å². The van der Waals surface area contributed by atoms with Gasteiger partial charge >= 0.3 is 5.69 Å². The first-order chi connectivity index (χ1) is 12.9. The summed E-state index contributed by atoms with van der Waals surface area (Å²) >= 11 is 0. The van der Waals surface area contributed by atoms with Crippen molar-refractivity contribution >= 4 is 23.2 Å². The van der Waals surface area contributed by atoms with Crippen LogP contribution in [0, 0.1) is 17.0 Å². The Morgan fingerprint density at radius 3 is 2.56 bits per heavy atom. The van der Waals surface area contributed by atoms with Crippen LogP contribution in [0.1, 0.15) is 35.4 Å². The molecule has 144 valence electrons. The van der Waals surface area contributed by atoms with Gasteiger partial charge in [0.05, 0.1) is 16.8 Å². The number of hydrogen-bond donors (Lipinski definition) is 1. The number of piperidine rings is 1. The second-order valence-corrected chi connectivity index (χ2v) is 6.46. The molecule has 27 heavy (non-hydrogen) atoms. The molecule has 3 heterocycles. The summed E-state index contributed by atoms with van der Waals surface area (Å²) in [4.78, 5) is 37.3. The van der Waals surface area contributed by atoms with Crippen LogP contribution >= 0.6 is 0 Å². The monoisotopic (exact) mass is 375 g/mol. The number of carbonyl (C=O) groups excluding carboxylic acids is 2. The Morgan fingerprint density at radius 1 is 1.22 bits per heavy atom. The van der Waals surface area contributed by atoms with Gasteiger partial charge in [0.15, 0.2) is 0 Å². The Labute approximate surface area is 155 Å². The number of amides is 2. The van der Waals surface area contributed by atoms with Crippen LogP contribution < -0.4 is 5.32 Å². The molecule has 2 amide bonds. The van der Waals surface area contributed by atoms with Crippen molar-refractivity contribution in [2.75, 3.05) is 18.4 Å². The van der Waals surface area contributed by atoms with Gasteiger partial charge in [-0.05, 0) is 26.2 Å². The molecule has 1 N–H and O–H groups in total. The number of aryl methyl sites for hydroxylation is 1. The SMILES string of the molecule is Cc1c([N+](=O)[O-])cnn1CC(=O)Nc1cnn(C)c1C(=O)N1CCCCC1. The van der Waals surface area contributed by atoms with Crippen LogP contribution in [0.5, 0.6) is 0 Å². The molecule has 0 saturated carbocycles. The van der Waals surface area contributed by atoms with Gasteiger partial charge < -0.3 is 10.2 Å². The van der Waals surface area contributed by atoms with Crippen molar-refractivity contribution in [2.45, 2.75) is 32.7 Å². The van der Waals surface area contributed by atoms with E-state index in [9.17, 15) is 19.7 Å². The predicted molar refractivity (Wildman–Crippen MR) is 95.2 cm³/mol. The molecular weight excluding hydrogens is 354 g/mol. The van der Waals surface area contributed by atoms with Gasteiger partial charge in [0.1, 0.15) is 24.1 Å². The Hall–Kier alpha value is -3.24. The van der Waals surface area contributed by atoms with Crippen molar-refractivity contribution in [3.63, 3.8) is 0 Å². The number of nitrogens with zero attached hydrogens (tertiary/aromatic N) is 6. The Kier molecular flexibility index (Phi) is 5.19. The van der Waals surface area contributed by atoms with E-state index in [1.54, 1.807) is 11.9 Å². The predicted octanol–water partition coefficient (Wildman–Crippen LogP) is 1.10. The van der Waals surface area contributed by atoms with Gasteiger partial charge in [0.2, 0.25) is 5.91 Å². The molecule has 0 spiro atoms. The summed E-state index contributed by atoms with van der Waals surface area (Å²) in [5.41, 5.74) is 0.766. The third kappa shape index (κ3) is 3.81. The van der Waals surface area contributed by atoms with Crippen LogP contribution in [0.2, 0.25) is 0 Å². The molecule has 1 saturated heterocycles. The molecule has 1 aliphatic rings. The third-order valence-electron chi connectivity index (χ3n) is 4.63. The number of aromatic nitrogens is 4. The van der Waals surface area contributed by atoms with Crippen LogP contribution in [0.25, 0.3) is 0 Å². The van der Waals surface area contributed by atoms with E-state index in [4.69, 9.17) is 0 Å². The average molecular weight is 375 g/mol. The highest BCUT2D eigenvalue weighted by Gasteiger charge is 2.25. The molecule has 0 aromatic carbocycles. The van der Waals surface area contributed by atoms with Crippen LogP contribution in [-0.2, 0) is 18.4 Å². The van der Waals surface area contributed by atoms with Gasteiger partial charge in [-0.25, -0.2) is 0 Å². The molecule has 0 radical (unpaired) electrons. The van der Waals surface area contributed by atoms with Crippen molar-refractivity contribution < 1.29 is 14.5 Å². The summed E-state index contributed by atoms with van der Waals surface area (Å²) in [7, 11) is 1.65. The summed E-state index contributed by atoms with van der Waals surface area (Å²) in [6.07, 6.45) is 5.56. The normalized spacial score (nSPS) is 14.2.